The summed E-state index contributed by atoms with van der Waals surface area (Å²) in [7, 11) is 0. The van der Waals surface area contributed by atoms with Gasteiger partial charge in [-0.15, -0.1) is 11.3 Å². The molecule has 5 nitrogen and oxygen atoms in total. The number of benzene rings is 1. The zero-order valence-electron chi connectivity index (χ0n) is 14.0. The third-order valence-corrected chi connectivity index (χ3v) is 5.11. The summed E-state index contributed by atoms with van der Waals surface area (Å²) >= 11 is 1.43. The van der Waals surface area contributed by atoms with Crippen LogP contribution in [0.1, 0.15) is 24.3 Å². The molecule has 3 heterocycles. The Morgan fingerprint density at radius 3 is 2.60 bits per heavy atom. The molecular weight excluding hydrogens is 341 g/mol. The lowest BCUT2D eigenvalue weighted by Gasteiger charge is -2.35. The molecule has 130 valence electrons. The number of hydrogen-bond acceptors (Lipinski definition) is 4. The quantitative estimate of drug-likeness (QED) is 0.704. The number of carbonyl (C=O) groups excluding carboxylic acids is 1. The first-order valence-corrected chi connectivity index (χ1v) is 9.06. The van der Waals surface area contributed by atoms with E-state index < -0.39 is 0 Å². The predicted molar refractivity (Wildman–Crippen MR) is 94.4 cm³/mol. The smallest absolute Gasteiger partial charge is 0.271 e. The van der Waals surface area contributed by atoms with Crippen molar-refractivity contribution in [2.24, 2.45) is 0 Å². The van der Waals surface area contributed by atoms with Gasteiger partial charge in [-0.05, 0) is 38.1 Å². The van der Waals surface area contributed by atoms with Crippen LogP contribution in [-0.4, -0.2) is 45.5 Å². The molecule has 1 amide bonds. The average molecular weight is 359 g/mol. The van der Waals surface area contributed by atoms with Gasteiger partial charge in [0.25, 0.3) is 5.91 Å². The first-order chi connectivity index (χ1) is 12.0. The van der Waals surface area contributed by atoms with Crippen LogP contribution in [0.5, 0.6) is 0 Å². The van der Waals surface area contributed by atoms with Crippen molar-refractivity contribution >= 4 is 22.2 Å². The van der Waals surface area contributed by atoms with Crippen LogP contribution in [0.3, 0.4) is 0 Å². The largest absolute Gasteiger partial charge is 0.372 e. The highest BCUT2D eigenvalue weighted by molar-refractivity contribution is 7.15. The lowest BCUT2D eigenvalue weighted by molar-refractivity contribution is -0.0587. The number of hydrogen-bond donors (Lipinski definition) is 0. The Balaban J connectivity index is 1.66. The molecule has 1 aliphatic rings. The maximum absolute atomic E-state index is 13.1. The van der Waals surface area contributed by atoms with E-state index in [1.165, 1.54) is 23.5 Å². The van der Waals surface area contributed by atoms with Gasteiger partial charge in [0, 0.05) is 30.2 Å². The van der Waals surface area contributed by atoms with E-state index in [0.717, 1.165) is 16.2 Å². The Morgan fingerprint density at radius 1 is 1.24 bits per heavy atom. The average Bonchev–Trinajstić information content (AvgIpc) is 3.14. The molecule has 7 heteroatoms. The summed E-state index contributed by atoms with van der Waals surface area (Å²) in [5.74, 6) is -0.299. The first kappa shape index (κ1) is 16.2. The number of fused-ring (bicyclic) bond motifs is 1. The Bertz CT molecular complexity index is 908. The summed E-state index contributed by atoms with van der Waals surface area (Å²) in [5, 5.41) is 1.84. The molecule has 0 saturated carbocycles. The monoisotopic (exact) mass is 359 g/mol. The number of rotatable bonds is 2. The van der Waals surface area contributed by atoms with E-state index in [1.807, 2.05) is 34.7 Å². The van der Waals surface area contributed by atoms with Crippen molar-refractivity contribution in [3.63, 3.8) is 0 Å². The molecule has 2 unspecified atom stereocenters. The van der Waals surface area contributed by atoms with E-state index in [0.29, 0.717) is 18.8 Å². The summed E-state index contributed by atoms with van der Waals surface area (Å²) in [6.07, 6.45) is 1.89. The van der Waals surface area contributed by atoms with E-state index in [2.05, 4.69) is 4.98 Å². The van der Waals surface area contributed by atoms with Crippen LogP contribution < -0.4 is 0 Å². The zero-order valence-corrected chi connectivity index (χ0v) is 14.8. The van der Waals surface area contributed by atoms with E-state index in [1.54, 1.807) is 12.1 Å². The van der Waals surface area contributed by atoms with Crippen molar-refractivity contribution in [2.45, 2.75) is 26.1 Å². The second-order valence-electron chi connectivity index (χ2n) is 6.37. The van der Waals surface area contributed by atoms with E-state index in [9.17, 15) is 9.18 Å². The SMILES string of the molecule is CC1CN(C(=O)c2csc3nc(-c4ccc(F)cc4)cn23)CC(C)O1. The van der Waals surface area contributed by atoms with Gasteiger partial charge >= 0.3 is 0 Å². The number of amides is 1. The molecule has 4 rings (SSSR count). The molecule has 3 aromatic rings. The Hall–Kier alpha value is -2.25. The minimum absolute atomic E-state index is 0.0173. The summed E-state index contributed by atoms with van der Waals surface area (Å²) in [6.45, 7) is 5.12. The fraction of sp³-hybridized carbons (Fsp3) is 0.333. The van der Waals surface area contributed by atoms with Gasteiger partial charge < -0.3 is 9.64 Å². The minimum Gasteiger partial charge on any atom is -0.372 e. The third kappa shape index (κ3) is 3.05. The summed E-state index contributed by atoms with van der Waals surface area (Å²) in [6, 6.07) is 6.19. The van der Waals surface area contributed by atoms with E-state index in [-0.39, 0.29) is 23.9 Å². The molecule has 0 bridgehead atoms. The number of aromatic nitrogens is 2. The number of halogens is 1. The first-order valence-electron chi connectivity index (χ1n) is 8.18. The van der Waals surface area contributed by atoms with Gasteiger partial charge in [0.1, 0.15) is 11.5 Å². The van der Waals surface area contributed by atoms with Crippen molar-refractivity contribution in [3.8, 4) is 11.3 Å². The van der Waals surface area contributed by atoms with Crippen molar-refractivity contribution in [1.82, 2.24) is 14.3 Å². The normalized spacial score (nSPS) is 21.0. The number of imidazole rings is 1. The lowest BCUT2D eigenvalue weighted by atomic mass is 10.2. The Morgan fingerprint density at radius 2 is 1.92 bits per heavy atom. The van der Waals surface area contributed by atoms with Crippen LogP contribution >= 0.6 is 11.3 Å². The van der Waals surface area contributed by atoms with Gasteiger partial charge in [0.15, 0.2) is 4.96 Å². The van der Waals surface area contributed by atoms with Gasteiger partial charge in [0.05, 0.1) is 17.9 Å². The molecule has 0 N–H and O–H groups in total. The third-order valence-electron chi connectivity index (χ3n) is 4.27. The van der Waals surface area contributed by atoms with Gasteiger partial charge in [-0.25, -0.2) is 9.37 Å². The number of ether oxygens (including phenoxy) is 1. The van der Waals surface area contributed by atoms with Crippen LogP contribution in [0.4, 0.5) is 4.39 Å². The topological polar surface area (TPSA) is 46.8 Å². The molecular formula is C18H18FN3O2S. The fourth-order valence-corrected chi connectivity index (χ4v) is 4.05. The minimum atomic E-state index is -0.281. The zero-order chi connectivity index (χ0) is 17.6. The standard InChI is InChI=1S/C18H18FN3O2S/c1-11-7-21(8-12(2)24-11)17(23)16-10-25-18-20-15(9-22(16)18)13-3-5-14(19)6-4-13/h3-6,9-12H,7-8H2,1-2H3. The van der Waals surface area contributed by atoms with Crippen molar-refractivity contribution in [1.29, 1.82) is 0 Å². The number of thiazole rings is 1. The molecule has 1 fully saturated rings. The number of carbonyl (C=O) groups is 1. The van der Waals surface area contributed by atoms with Gasteiger partial charge in [-0.1, -0.05) is 0 Å². The highest BCUT2D eigenvalue weighted by Gasteiger charge is 2.28. The maximum atomic E-state index is 13.1. The molecule has 1 saturated heterocycles. The van der Waals surface area contributed by atoms with Crippen LogP contribution in [0.2, 0.25) is 0 Å². The van der Waals surface area contributed by atoms with Crippen molar-refractivity contribution in [3.05, 3.63) is 47.4 Å². The second-order valence-corrected chi connectivity index (χ2v) is 7.21. The Kier molecular flexibility index (Phi) is 4.05. The van der Waals surface area contributed by atoms with Crippen molar-refractivity contribution in [2.75, 3.05) is 13.1 Å². The maximum Gasteiger partial charge on any atom is 0.271 e. The molecule has 1 aromatic carbocycles. The second kappa shape index (κ2) is 6.24. The van der Waals surface area contributed by atoms with Gasteiger partial charge in [-0.3, -0.25) is 9.20 Å². The van der Waals surface area contributed by atoms with E-state index in [4.69, 9.17) is 4.74 Å². The van der Waals surface area contributed by atoms with Crippen LogP contribution in [-0.2, 0) is 4.74 Å². The molecule has 0 spiro atoms. The lowest BCUT2D eigenvalue weighted by Crippen LogP contribution is -2.48. The number of morpholine rings is 1. The van der Waals surface area contributed by atoms with Crippen LogP contribution in [0.25, 0.3) is 16.2 Å². The summed E-state index contributed by atoms with van der Waals surface area (Å²) in [5.41, 5.74) is 2.15. The van der Waals surface area contributed by atoms with Crippen molar-refractivity contribution < 1.29 is 13.9 Å². The summed E-state index contributed by atoms with van der Waals surface area (Å²) < 4.78 is 20.6. The Labute approximate surface area is 148 Å². The van der Waals surface area contributed by atoms with Gasteiger partial charge in [-0.2, -0.15) is 0 Å². The predicted octanol–water partition coefficient (Wildman–Crippen LogP) is 3.45. The van der Waals surface area contributed by atoms with E-state index >= 15 is 0 Å². The molecule has 0 aliphatic carbocycles. The number of nitrogens with zero attached hydrogens (tertiary/aromatic N) is 3. The molecule has 2 atom stereocenters. The van der Waals surface area contributed by atoms with Gasteiger partial charge in [0.2, 0.25) is 0 Å². The molecule has 2 aromatic heterocycles. The van der Waals surface area contributed by atoms with Crippen LogP contribution in [0.15, 0.2) is 35.8 Å². The molecule has 1 aliphatic heterocycles. The molecule has 25 heavy (non-hydrogen) atoms. The highest BCUT2D eigenvalue weighted by Crippen LogP contribution is 2.25. The summed E-state index contributed by atoms with van der Waals surface area (Å²) in [4.78, 5) is 20.1. The fourth-order valence-electron chi connectivity index (χ4n) is 3.20. The molecule has 0 radical (unpaired) electrons. The highest BCUT2D eigenvalue weighted by atomic mass is 32.1. The van der Waals surface area contributed by atoms with Crippen LogP contribution in [0, 0.1) is 5.82 Å².